The Morgan fingerprint density at radius 1 is 1.46 bits per heavy atom. The van der Waals surface area contributed by atoms with Gasteiger partial charge in [-0.25, -0.2) is 0 Å². The number of aldehydes is 1. The van der Waals surface area contributed by atoms with Crippen LogP contribution in [0, 0.1) is 6.92 Å². The van der Waals surface area contributed by atoms with Gasteiger partial charge in [-0.2, -0.15) is 0 Å². The van der Waals surface area contributed by atoms with Crippen LogP contribution in [-0.2, 0) is 0 Å². The van der Waals surface area contributed by atoms with Gasteiger partial charge in [0.1, 0.15) is 0 Å². The Hall–Kier alpha value is -0.670. The van der Waals surface area contributed by atoms with Gasteiger partial charge in [-0.05, 0) is 45.2 Å². The first kappa shape index (κ1) is 8.91. The van der Waals surface area contributed by atoms with Crippen LogP contribution in [0.5, 0.6) is 0 Å². The van der Waals surface area contributed by atoms with Crippen molar-refractivity contribution in [2.75, 3.05) is 0 Å². The second-order valence-electron chi connectivity index (χ2n) is 2.88. The number of hydrogen-bond acceptors (Lipinski definition) is 2. The monoisotopic (exact) mass is 254 g/mol. The Labute approximate surface area is 88.5 Å². The molecule has 3 heteroatoms. The highest BCUT2D eigenvalue weighted by atomic mass is 79.9. The van der Waals surface area contributed by atoms with Crippen molar-refractivity contribution in [3.05, 3.63) is 33.1 Å². The first-order valence-electron chi connectivity index (χ1n) is 3.85. The van der Waals surface area contributed by atoms with Gasteiger partial charge in [0.25, 0.3) is 0 Å². The van der Waals surface area contributed by atoms with E-state index in [0.717, 1.165) is 15.5 Å². The summed E-state index contributed by atoms with van der Waals surface area (Å²) in [5.74, 6) is 0. The van der Waals surface area contributed by atoms with Crippen molar-refractivity contribution in [3.63, 3.8) is 0 Å². The molecule has 1 aromatic heterocycles. The van der Waals surface area contributed by atoms with Crippen molar-refractivity contribution < 1.29 is 4.79 Å². The van der Waals surface area contributed by atoms with Crippen molar-refractivity contribution in [1.82, 2.24) is 0 Å². The standard InChI is InChI=1S/C10H7BrOS/c1-6-5-13-10-8(6)3-2-7(4-12)9(10)11/h2-5H,1H3. The van der Waals surface area contributed by atoms with E-state index in [1.54, 1.807) is 11.3 Å². The lowest BCUT2D eigenvalue weighted by molar-refractivity contribution is 0.112. The Morgan fingerprint density at radius 3 is 2.92 bits per heavy atom. The summed E-state index contributed by atoms with van der Waals surface area (Å²) in [7, 11) is 0. The third kappa shape index (κ3) is 1.32. The largest absolute Gasteiger partial charge is 0.298 e. The SMILES string of the molecule is Cc1csc2c(Br)c(C=O)ccc12. The summed E-state index contributed by atoms with van der Waals surface area (Å²) in [6.45, 7) is 2.08. The molecule has 0 spiro atoms. The molecule has 2 aromatic rings. The lowest BCUT2D eigenvalue weighted by Gasteiger charge is -1.97. The second-order valence-corrected chi connectivity index (χ2v) is 4.55. The molecule has 1 heterocycles. The molecule has 0 aliphatic carbocycles. The maximum absolute atomic E-state index is 10.7. The van der Waals surface area contributed by atoms with E-state index in [1.807, 2.05) is 12.1 Å². The highest BCUT2D eigenvalue weighted by Crippen LogP contribution is 2.33. The molecule has 13 heavy (non-hydrogen) atoms. The molecule has 0 saturated heterocycles. The minimum absolute atomic E-state index is 0.717. The molecule has 0 amide bonds. The van der Waals surface area contributed by atoms with Crippen molar-refractivity contribution >= 4 is 43.6 Å². The summed E-state index contributed by atoms with van der Waals surface area (Å²) in [5.41, 5.74) is 1.98. The van der Waals surface area contributed by atoms with Crippen molar-refractivity contribution in [2.45, 2.75) is 6.92 Å². The molecule has 0 fully saturated rings. The molecule has 1 nitrogen and oxygen atoms in total. The molecule has 0 N–H and O–H groups in total. The normalized spacial score (nSPS) is 10.6. The van der Waals surface area contributed by atoms with E-state index < -0.39 is 0 Å². The van der Waals surface area contributed by atoms with E-state index >= 15 is 0 Å². The first-order valence-corrected chi connectivity index (χ1v) is 5.53. The zero-order chi connectivity index (χ0) is 9.42. The highest BCUT2D eigenvalue weighted by Gasteiger charge is 2.07. The summed E-state index contributed by atoms with van der Waals surface area (Å²) in [4.78, 5) is 10.7. The molecule has 0 unspecified atom stereocenters. The van der Waals surface area contributed by atoms with Gasteiger partial charge < -0.3 is 0 Å². The van der Waals surface area contributed by atoms with E-state index in [-0.39, 0.29) is 0 Å². The van der Waals surface area contributed by atoms with Crippen LogP contribution in [0.4, 0.5) is 0 Å². The van der Waals surface area contributed by atoms with Crippen molar-refractivity contribution in [1.29, 1.82) is 0 Å². The average molecular weight is 255 g/mol. The van der Waals surface area contributed by atoms with Crippen LogP contribution in [0.3, 0.4) is 0 Å². The number of hydrogen-bond donors (Lipinski definition) is 0. The van der Waals surface area contributed by atoms with Crippen LogP contribution in [0.25, 0.3) is 10.1 Å². The van der Waals surface area contributed by atoms with Crippen molar-refractivity contribution in [2.24, 2.45) is 0 Å². The molecule has 2 rings (SSSR count). The van der Waals surface area contributed by atoms with Gasteiger partial charge >= 0.3 is 0 Å². The number of fused-ring (bicyclic) bond motifs is 1. The Balaban J connectivity index is 2.87. The Morgan fingerprint density at radius 2 is 2.23 bits per heavy atom. The molecule has 0 bridgehead atoms. The summed E-state index contributed by atoms with van der Waals surface area (Å²) < 4.78 is 2.07. The molecule has 0 radical (unpaired) electrons. The van der Waals surface area contributed by atoms with Gasteiger partial charge in [-0.15, -0.1) is 11.3 Å². The molecule has 0 atom stereocenters. The molecular formula is C10H7BrOS. The molecule has 1 aromatic carbocycles. The van der Waals surface area contributed by atoms with E-state index in [9.17, 15) is 4.79 Å². The molecule has 0 aliphatic heterocycles. The smallest absolute Gasteiger partial charge is 0.151 e. The van der Waals surface area contributed by atoms with Gasteiger partial charge in [0, 0.05) is 14.7 Å². The number of rotatable bonds is 1. The number of carbonyl (C=O) groups excluding carboxylic acids is 1. The zero-order valence-electron chi connectivity index (χ0n) is 7.00. The fraction of sp³-hybridized carbons (Fsp3) is 0.100. The van der Waals surface area contributed by atoms with Crippen LogP contribution in [0.1, 0.15) is 15.9 Å². The number of benzene rings is 1. The molecule has 0 saturated carbocycles. The average Bonchev–Trinajstić information content (AvgIpc) is 2.50. The van der Waals surface area contributed by atoms with Crippen LogP contribution < -0.4 is 0 Å². The predicted octanol–water partition coefficient (Wildman–Crippen LogP) is 3.78. The van der Waals surface area contributed by atoms with Gasteiger partial charge in [0.15, 0.2) is 6.29 Å². The van der Waals surface area contributed by atoms with Gasteiger partial charge in [-0.1, -0.05) is 6.07 Å². The van der Waals surface area contributed by atoms with Gasteiger partial charge in [0.05, 0.1) is 0 Å². The first-order chi connectivity index (χ1) is 6.24. The van der Waals surface area contributed by atoms with Crippen LogP contribution >= 0.6 is 27.3 Å². The van der Waals surface area contributed by atoms with E-state index in [0.29, 0.717) is 5.56 Å². The quantitative estimate of drug-likeness (QED) is 0.708. The summed E-state index contributed by atoms with van der Waals surface area (Å²) in [6.07, 6.45) is 0.874. The Kier molecular flexibility index (Phi) is 2.22. The van der Waals surface area contributed by atoms with Crippen LogP contribution in [0.15, 0.2) is 22.0 Å². The van der Waals surface area contributed by atoms with E-state index in [2.05, 4.69) is 28.2 Å². The summed E-state index contributed by atoms with van der Waals surface area (Å²) in [5, 5.41) is 3.33. The van der Waals surface area contributed by atoms with Gasteiger partial charge in [0.2, 0.25) is 0 Å². The molecule has 0 aliphatic rings. The van der Waals surface area contributed by atoms with Crippen LogP contribution in [-0.4, -0.2) is 6.29 Å². The lowest BCUT2D eigenvalue weighted by Crippen LogP contribution is -1.81. The topological polar surface area (TPSA) is 17.1 Å². The fourth-order valence-corrected chi connectivity index (χ4v) is 3.02. The zero-order valence-corrected chi connectivity index (χ0v) is 9.41. The molecular weight excluding hydrogens is 248 g/mol. The number of carbonyl (C=O) groups is 1. The minimum atomic E-state index is 0.717. The maximum atomic E-state index is 10.7. The van der Waals surface area contributed by atoms with Crippen molar-refractivity contribution in [3.8, 4) is 0 Å². The minimum Gasteiger partial charge on any atom is -0.298 e. The second kappa shape index (κ2) is 3.24. The summed E-state index contributed by atoms with van der Waals surface area (Å²) >= 11 is 5.10. The van der Waals surface area contributed by atoms with E-state index in [1.165, 1.54) is 10.9 Å². The third-order valence-corrected chi connectivity index (χ3v) is 4.28. The van der Waals surface area contributed by atoms with Crippen LogP contribution in [0.2, 0.25) is 0 Å². The number of thiophene rings is 1. The fourth-order valence-electron chi connectivity index (χ4n) is 1.30. The predicted molar refractivity (Wildman–Crippen MR) is 59.6 cm³/mol. The maximum Gasteiger partial charge on any atom is 0.151 e. The molecule has 66 valence electrons. The number of halogens is 1. The Bertz CT molecular complexity index is 473. The highest BCUT2D eigenvalue weighted by molar-refractivity contribution is 9.10. The summed E-state index contributed by atoms with van der Waals surface area (Å²) in [6, 6.07) is 3.84. The lowest BCUT2D eigenvalue weighted by atomic mass is 10.1. The van der Waals surface area contributed by atoms with Gasteiger partial charge in [-0.3, -0.25) is 4.79 Å². The van der Waals surface area contributed by atoms with E-state index in [4.69, 9.17) is 0 Å². The number of aryl methyl sites for hydroxylation is 1. The third-order valence-electron chi connectivity index (χ3n) is 2.03.